The second-order valence-corrected chi connectivity index (χ2v) is 9.96. The van der Waals surface area contributed by atoms with Crippen molar-refractivity contribution in [3.63, 3.8) is 0 Å². The Morgan fingerprint density at radius 1 is 0.610 bits per heavy atom. The Morgan fingerprint density at radius 2 is 1.07 bits per heavy atom. The fraction of sp³-hybridized carbons (Fsp3) is 0.162. The van der Waals surface area contributed by atoms with Gasteiger partial charge in [0.25, 0.3) is 0 Å². The number of hydrogen-bond acceptors (Lipinski definition) is 4. The first-order valence-electron chi connectivity index (χ1n) is 14.1. The SMILES string of the molecule is CC[C@@H](NC(c1ccccc1)c1ccccc1)C(=O)c1ccc(OCc2ccccc2)c(OCc2ccccc2)c1. The highest BCUT2D eigenvalue weighted by molar-refractivity contribution is 6.00. The lowest BCUT2D eigenvalue weighted by molar-refractivity contribution is 0.0935. The molecule has 0 aromatic heterocycles. The Kier molecular flexibility index (Phi) is 9.59. The monoisotopic (exact) mass is 541 g/mol. The largest absolute Gasteiger partial charge is 0.485 e. The normalized spacial score (nSPS) is 11.7. The summed E-state index contributed by atoms with van der Waals surface area (Å²) >= 11 is 0. The summed E-state index contributed by atoms with van der Waals surface area (Å²) in [6.45, 7) is 2.82. The molecule has 41 heavy (non-hydrogen) atoms. The van der Waals surface area contributed by atoms with Gasteiger partial charge in [-0.3, -0.25) is 10.1 Å². The highest BCUT2D eigenvalue weighted by Crippen LogP contribution is 2.31. The first-order valence-corrected chi connectivity index (χ1v) is 14.1. The maximum Gasteiger partial charge on any atom is 0.179 e. The molecular weight excluding hydrogens is 506 g/mol. The van der Waals surface area contributed by atoms with Crippen molar-refractivity contribution >= 4 is 5.78 Å². The van der Waals surface area contributed by atoms with Gasteiger partial charge in [0.1, 0.15) is 13.2 Å². The lowest BCUT2D eigenvalue weighted by Crippen LogP contribution is -2.39. The number of Topliss-reactive ketones (excluding diaryl/α,β-unsaturated/α-hetero) is 1. The molecule has 0 aliphatic rings. The fourth-order valence-corrected chi connectivity index (χ4v) is 4.82. The van der Waals surface area contributed by atoms with E-state index < -0.39 is 6.04 Å². The van der Waals surface area contributed by atoms with Crippen molar-refractivity contribution in [3.8, 4) is 11.5 Å². The third-order valence-electron chi connectivity index (χ3n) is 7.06. The van der Waals surface area contributed by atoms with Crippen molar-refractivity contribution < 1.29 is 14.3 Å². The van der Waals surface area contributed by atoms with Crippen LogP contribution in [0.5, 0.6) is 11.5 Å². The average molecular weight is 542 g/mol. The number of hydrogen-bond donors (Lipinski definition) is 1. The number of carbonyl (C=O) groups is 1. The van der Waals surface area contributed by atoms with E-state index in [0.717, 1.165) is 22.3 Å². The van der Waals surface area contributed by atoms with Crippen LogP contribution in [0.3, 0.4) is 0 Å². The van der Waals surface area contributed by atoms with Crippen LogP contribution in [0.4, 0.5) is 0 Å². The molecule has 5 aromatic carbocycles. The van der Waals surface area contributed by atoms with E-state index in [9.17, 15) is 4.79 Å². The molecule has 5 rings (SSSR count). The topological polar surface area (TPSA) is 47.6 Å². The third kappa shape index (κ3) is 7.50. The summed E-state index contributed by atoms with van der Waals surface area (Å²) in [7, 11) is 0. The number of nitrogens with one attached hydrogen (secondary N) is 1. The van der Waals surface area contributed by atoms with Crippen molar-refractivity contribution in [1.29, 1.82) is 0 Å². The molecule has 0 heterocycles. The summed E-state index contributed by atoms with van der Waals surface area (Å²) in [6, 6.07) is 45.5. The molecule has 4 heteroatoms. The van der Waals surface area contributed by atoms with E-state index >= 15 is 0 Å². The van der Waals surface area contributed by atoms with Crippen LogP contribution in [0.1, 0.15) is 52.0 Å². The van der Waals surface area contributed by atoms with Gasteiger partial charge in [0.15, 0.2) is 17.3 Å². The number of benzene rings is 5. The fourth-order valence-electron chi connectivity index (χ4n) is 4.82. The molecule has 1 N–H and O–H groups in total. The molecule has 0 spiro atoms. The zero-order valence-corrected chi connectivity index (χ0v) is 23.3. The second kappa shape index (κ2) is 14.1. The van der Waals surface area contributed by atoms with Crippen LogP contribution < -0.4 is 14.8 Å². The molecule has 5 aromatic rings. The summed E-state index contributed by atoms with van der Waals surface area (Å²) in [6.07, 6.45) is 0.640. The summed E-state index contributed by atoms with van der Waals surface area (Å²) in [4.78, 5) is 13.9. The van der Waals surface area contributed by atoms with Crippen LogP contribution in [0.15, 0.2) is 140 Å². The standard InChI is InChI=1S/C37H35NO3/c1-2-33(38-36(30-19-11-5-12-20-30)31-21-13-6-14-22-31)37(39)32-23-24-34(40-26-28-15-7-3-8-16-28)35(25-32)41-27-29-17-9-4-10-18-29/h3-25,33,36,38H,2,26-27H2,1H3/t33-/m1/s1. The first kappa shape index (κ1) is 27.9. The highest BCUT2D eigenvalue weighted by Gasteiger charge is 2.25. The van der Waals surface area contributed by atoms with Gasteiger partial charge in [0.05, 0.1) is 12.1 Å². The van der Waals surface area contributed by atoms with Crippen LogP contribution in [0, 0.1) is 0 Å². The second-order valence-electron chi connectivity index (χ2n) is 9.96. The van der Waals surface area contributed by atoms with E-state index in [-0.39, 0.29) is 11.8 Å². The minimum Gasteiger partial charge on any atom is -0.485 e. The zero-order chi connectivity index (χ0) is 28.3. The van der Waals surface area contributed by atoms with Crippen LogP contribution >= 0.6 is 0 Å². The van der Waals surface area contributed by atoms with Crippen molar-refractivity contribution in [2.45, 2.75) is 38.6 Å². The van der Waals surface area contributed by atoms with Crippen LogP contribution in [-0.2, 0) is 13.2 Å². The molecular formula is C37H35NO3. The number of rotatable bonds is 13. The highest BCUT2D eigenvalue weighted by atomic mass is 16.5. The zero-order valence-electron chi connectivity index (χ0n) is 23.3. The Bertz CT molecular complexity index is 1470. The van der Waals surface area contributed by atoms with Gasteiger partial charge in [-0.25, -0.2) is 0 Å². The van der Waals surface area contributed by atoms with E-state index in [1.165, 1.54) is 0 Å². The summed E-state index contributed by atoms with van der Waals surface area (Å²) in [5, 5.41) is 3.65. The molecule has 0 aliphatic heterocycles. The minimum atomic E-state index is -0.390. The molecule has 0 radical (unpaired) electrons. The maximum absolute atomic E-state index is 13.9. The van der Waals surface area contributed by atoms with E-state index in [0.29, 0.717) is 36.7 Å². The molecule has 0 aliphatic carbocycles. The lowest BCUT2D eigenvalue weighted by Gasteiger charge is -2.25. The molecule has 0 amide bonds. The van der Waals surface area contributed by atoms with Crippen molar-refractivity contribution in [3.05, 3.63) is 167 Å². The summed E-state index contributed by atoms with van der Waals surface area (Å²) in [5.41, 5.74) is 4.91. The van der Waals surface area contributed by atoms with Gasteiger partial charge in [0, 0.05) is 5.56 Å². The number of carbonyl (C=O) groups excluding carboxylic acids is 1. The minimum absolute atomic E-state index is 0.0172. The summed E-state index contributed by atoms with van der Waals surface area (Å²) in [5.74, 6) is 1.17. The number of ether oxygens (including phenoxy) is 2. The maximum atomic E-state index is 13.9. The van der Waals surface area contributed by atoms with Gasteiger partial charge < -0.3 is 9.47 Å². The van der Waals surface area contributed by atoms with E-state index in [1.54, 1.807) is 0 Å². The molecule has 0 bridgehead atoms. The lowest BCUT2D eigenvalue weighted by atomic mass is 9.95. The first-order chi connectivity index (χ1) is 20.2. The van der Waals surface area contributed by atoms with Gasteiger partial charge in [-0.05, 0) is 46.9 Å². The van der Waals surface area contributed by atoms with E-state index in [2.05, 4.69) is 29.6 Å². The van der Waals surface area contributed by atoms with Crippen molar-refractivity contribution in [2.75, 3.05) is 0 Å². The molecule has 0 saturated carbocycles. The molecule has 0 unspecified atom stereocenters. The van der Waals surface area contributed by atoms with E-state index in [1.807, 2.05) is 122 Å². The molecule has 206 valence electrons. The third-order valence-corrected chi connectivity index (χ3v) is 7.06. The molecule has 0 saturated heterocycles. The van der Waals surface area contributed by atoms with Crippen LogP contribution in [0.2, 0.25) is 0 Å². The predicted molar refractivity (Wildman–Crippen MR) is 164 cm³/mol. The number of ketones is 1. The Balaban J connectivity index is 1.40. The van der Waals surface area contributed by atoms with Gasteiger partial charge >= 0.3 is 0 Å². The summed E-state index contributed by atoms with van der Waals surface area (Å²) < 4.78 is 12.4. The average Bonchev–Trinajstić information content (AvgIpc) is 3.05. The predicted octanol–water partition coefficient (Wildman–Crippen LogP) is 8.19. The van der Waals surface area contributed by atoms with Crippen LogP contribution in [0.25, 0.3) is 0 Å². The van der Waals surface area contributed by atoms with Gasteiger partial charge in [0.2, 0.25) is 0 Å². The van der Waals surface area contributed by atoms with Gasteiger partial charge in [-0.2, -0.15) is 0 Å². The van der Waals surface area contributed by atoms with Gasteiger partial charge in [-0.15, -0.1) is 0 Å². The molecule has 1 atom stereocenters. The molecule has 4 nitrogen and oxygen atoms in total. The quantitative estimate of drug-likeness (QED) is 0.153. The smallest absolute Gasteiger partial charge is 0.179 e. The van der Waals surface area contributed by atoms with Crippen molar-refractivity contribution in [1.82, 2.24) is 5.32 Å². The van der Waals surface area contributed by atoms with Gasteiger partial charge in [-0.1, -0.05) is 128 Å². The Hall–Kier alpha value is -4.67. The Labute approximate surface area is 242 Å². The van der Waals surface area contributed by atoms with Crippen molar-refractivity contribution in [2.24, 2.45) is 0 Å². The van der Waals surface area contributed by atoms with E-state index in [4.69, 9.17) is 9.47 Å². The molecule has 0 fully saturated rings. The van der Waals surface area contributed by atoms with Crippen LogP contribution in [-0.4, -0.2) is 11.8 Å². The Morgan fingerprint density at radius 3 is 1.56 bits per heavy atom.